The molecule has 0 bridgehead atoms. The first-order valence-electron chi connectivity index (χ1n) is 33.6. The van der Waals surface area contributed by atoms with Crippen LogP contribution < -0.4 is 33.7 Å². The fraction of sp³-hybridized carbons (Fsp3) is 0.676. The van der Waals surface area contributed by atoms with Crippen LogP contribution in [0.1, 0.15) is 104 Å². The molecule has 3 aromatic heterocycles. The Kier molecular flexibility index (Phi) is 24.1. The predicted octanol–water partition coefficient (Wildman–Crippen LogP) is 10.0. The minimum Gasteiger partial charge on any atom is -0.487 e. The highest BCUT2D eigenvalue weighted by Crippen LogP contribution is 2.40. The molecule has 512 valence electrons. The van der Waals surface area contributed by atoms with Gasteiger partial charge < -0.3 is 95.4 Å². The van der Waals surface area contributed by atoms with Gasteiger partial charge in [0.05, 0.1) is 77.3 Å². The monoisotopic (exact) mass is 1320 g/mol. The number of fused-ring (bicyclic) bond motifs is 3. The summed E-state index contributed by atoms with van der Waals surface area (Å²) in [6.45, 7) is 21.7. The second-order valence-electron chi connectivity index (χ2n) is 26.8. The third kappa shape index (κ3) is 19.2. The minimum atomic E-state index is -0.595. The van der Waals surface area contributed by atoms with Crippen LogP contribution >= 0.6 is 12.4 Å². The maximum absolute atomic E-state index is 12.2. The van der Waals surface area contributed by atoms with Crippen LogP contribution in [0, 0.1) is 17.8 Å². The summed E-state index contributed by atoms with van der Waals surface area (Å²) < 4.78 is 90.2. The van der Waals surface area contributed by atoms with Gasteiger partial charge in [0.1, 0.15) is 57.3 Å². The Morgan fingerprint density at radius 3 is 1.32 bits per heavy atom. The molecule has 2 N–H and O–H groups in total. The molecule has 9 aliphatic rings. The number of aromatic nitrogens is 3. The lowest BCUT2D eigenvalue weighted by atomic mass is 9.91. The molecular weight excluding hydrogens is 1220 g/mol. The van der Waals surface area contributed by atoms with Crippen LogP contribution in [0.4, 0.5) is 4.79 Å². The van der Waals surface area contributed by atoms with E-state index in [0.29, 0.717) is 129 Å². The molecule has 0 radical (unpaired) electrons. The van der Waals surface area contributed by atoms with Crippen molar-refractivity contribution in [2.24, 2.45) is 17.8 Å². The van der Waals surface area contributed by atoms with Gasteiger partial charge in [0, 0.05) is 91.0 Å². The molecule has 9 saturated heterocycles. The standard InChI is InChI=1S/C23H32N2O6.C22H30N2O6.C17H22N2O4.C6H10O2.ClH/c26-23(7-12-27-13-8-23)16-25-9-4-17(5-10-25)14-29-22-21-19(30-18-6-11-28-15-18)2-1-3-20(21)31-24-22;1-22(2,3)29-21(25)24-10-7-15(8-11-24)13-27-20-19-17(28-16-9-12-26-14-16)5-4-6-18(19)30-23-20;1-2-14(22-13-6-9-20-11-13)16-15(3-1)23-19-17(16)21-10-12-4-7-18-8-5-12;1-3-7-4-2-6(1)5-8-6;/h1-3,17-18,26H,4-16H2;4-6,15-16H,7-14H2,1-3H3;1-3,12-13,18H,4-11H2;1-5H2;1H. The summed E-state index contributed by atoms with van der Waals surface area (Å²) in [6.07, 6.45) is 12.4. The molecule has 3 aromatic carbocycles. The summed E-state index contributed by atoms with van der Waals surface area (Å²) in [5.41, 5.74) is 1.24. The zero-order valence-corrected chi connectivity index (χ0v) is 55.1. The van der Waals surface area contributed by atoms with Crippen LogP contribution in [0.5, 0.6) is 34.9 Å². The van der Waals surface area contributed by atoms with Gasteiger partial charge in [0.25, 0.3) is 17.6 Å². The first-order chi connectivity index (χ1) is 44.9. The van der Waals surface area contributed by atoms with Crippen molar-refractivity contribution in [3.05, 3.63) is 54.6 Å². The Hall–Kier alpha value is -5.93. The summed E-state index contributed by atoms with van der Waals surface area (Å²) in [5.74, 6) is 5.07. The summed E-state index contributed by atoms with van der Waals surface area (Å²) in [6, 6.07) is 17.1. The molecule has 24 nitrogen and oxygen atoms in total. The van der Waals surface area contributed by atoms with E-state index in [4.69, 9.17) is 75.1 Å². The number of carbonyl (C=O) groups excluding carboxylic acids is 1. The van der Waals surface area contributed by atoms with E-state index in [9.17, 15) is 9.90 Å². The first-order valence-corrected chi connectivity index (χ1v) is 33.6. The number of ether oxygens (including phenoxy) is 13. The van der Waals surface area contributed by atoms with E-state index in [-0.39, 0.29) is 36.8 Å². The zero-order chi connectivity index (χ0) is 63.2. The number of nitrogens with one attached hydrogen (secondary N) is 1. The number of nitrogens with zero attached hydrogens (tertiary/aromatic N) is 5. The predicted molar refractivity (Wildman–Crippen MR) is 344 cm³/mol. The lowest BCUT2D eigenvalue weighted by molar-refractivity contribution is -0.0834. The Labute approximate surface area is 549 Å². The number of piperidine rings is 3. The number of likely N-dealkylation sites (tertiary alicyclic amines) is 2. The van der Waals surface area contributed by atoms with E-state index < -0.39 is 11.2 Å². The summed E-state index contributed by atoms with van der Waals surface area (Å²) in [4.78, 5) is 16.4. The van der Waals surface area contributed by atoms with Gasteiger partial charge in [-0.25, -0.2) is 4.79 Å². The quantitative estimate of drug-likeness (QED) is 0.0805. The number of hydrogen-bond donors (Lipinski definition) is 2. The average Bonchev–Trinajstić information content (AvgIpc) is 1.80. The summed E-state index contributed by atoms with van der Waals surface area (Å²) in [7, 11) is 0. The third-order valence-corrected chi connectivity index (χ3v) is 18.5. The van der Waals surface area contributed by atoms with Crippen molar-refractivity contribution in [1.29, 1.82) is 0 Å². The van der Waals surface area contributed by atoms with Crippen molar-refractivity contribution in [3.63, 3.8) is 0 Å². The minimum absolute atomic E-state index is 0. The lowest BCUT2D eigenvalue weighted by Crippen LogP contribution is -2.49. The Balaban J connectivity index is 0.000000134. The molecule has 15 rings (SSSR count). The summed E-state index contributed by atoms with van der Waals surface area (Å²) >= 11 is 0. The smallest absolute Gasteiger partial charge is 0.410 e. The molecule has 1 spiro atoms. The highest BCUT2D eigenvalue weighted by Gasteiger charge is 2.45. The van der Waals surface area contributed by atoms with Crippen molar-refractivity contribution in [1.82, 2.24) is 30.6 Å². The maximum Gasteiger partial charge on any atom is 0.410 e. The molecule has 3 unspecified atom stereocenters. The molecule has 25 heteroatoms. The van der Waals surface area contributed by atoms with Crippen LogP contribution in [0.25, 0.3) is 32.9 Å². The molecule has 93 heavy (non-hydrogen) atoms. The van der Waals surface area contributed by atoms with Gasteiger partial charge in [-0.15, -0.1) is 12.4 Å². The number of β-amino-alcohol motifs (C(OH)–C–C–N with tert-alkyl or cyclic N) is 1. The van der Waals surface area contributed by atoms with Crippen molar-refractivity contribution >= 4 is 51.4 Å². The third-order valence-electron chi connectivity index (χ3n) is 18.5. The van der Waals surface area contributed by atoms with Gasteiger partial charge in [0.15, 0.2) is 16.7 Å². The van der Waals surface area contributed by atoms with Crippen LogP contribution in [-0.4, -0.2) is 210 Å². The Morgan fingerprint density at radius 1 is 0.548 bits per heavy atom. The van der Waals surface area contributed by atoms with Crippen molar-refractivity contribution in [2.75, 3.05) is 138 Å². The molecule has 3 atom stereocenters. The SMILES string of the molecule is C1CC2(CCO1)CO2.CC(C)(C)OC(=O)N1CCC(COc2noc3cccc(OC4CCOC4)c23)CC1.Cl.OC1(CN2CCC(COc3noc4cccc(OC5CCOC5)c34)CC2)CCOCC1.c1cc(OC2CCOC2)c2c(OCC3CCNCC3)noc2c1. The van der Waals surface area contributed by atoms with E-state index >= 15 is 0 Å². The van der Waals surface area contributed by atoms with E-state index in [1.165, 1.54) is 0 Å². The summed E-state index contributed by atoms with van der Waals surface area (Å²) in [5, 5.41) is 28.9. The molecule has 1 amide bonds. The molecule has 0 saturated carbocycles. The molecule has 0 aliphatic carbocycles. The number of carbonyl (C=O) groups is 1. The normalized spacial score (nSPS) is 23.4. The fourth-order valence-corrected chi connectivity index (χ4v) is 12.8. The largest absolute Gasteiger partial charge is 0.487 e. The fourth-order valence-electron chi connectivity index (χ4n) is 12.8. The highest BCUT2D eigenvalue weighted by molar-refractivity contribution is 5.90. The van der Waals surface area contributed by atoms with Gasteiger partial charge in [-0.1, -0.05) is 18.2 Å². The van der Waals surface area contributed by atoms with Crippen LogP contribution in [0.15, 0.2) is 68.2 Å². The van der Waals surface area contributed by atoms with E-state index in [2.05, 4.69) is 25.7 Å². The number of hydrogen-bond acceptors (Lipinski definition) is 23. The molecule has 6 aromatic rings. The van der Waals surface area contributed by atoms with Gasteiger partial charge in [-0.3, -0.25) is 0 Å². The van der Waals surface area contributed by atoms with E-state index in [1.807, 2.05) is 75.4 Å². The number of amides is 1. The van der Waals surface area contributed by atoms with Gasteiger partial charge in [-0.2, -0.15) is 0 Å². The number of rotatable bonds is 17. The number of epoxide rings is 1. The number of halogens is 1. The van der Waals surface area contributed by atoms with Crippen LogP contribution in [0.2, 0.25) is 0 Å². The van der Waals surface area contributed by atoms with Gasteiger partial charge >= 0.3 is 6.09 Å². The molecule has 9 fully saturated rings. The molecular formula is C68H95ClN6O18. The maximum atomic E-state index is 12.2. The van der Waals surface area contributed by atoms with Gasteiger partial charge in [0.2, 0.25) is 0 Å². The highest BCUT2D eigenvalue weighted by atomic mass is 35.5. The number of benzene rings is 3. The first kappa shape index (κ1) is 68.5. The van der Waals surface area contributed by atoms with Crippen LogP contribution in [0.3, 0.4) is 0 Å². The lowest BCUT2D eigenvalue weighted by Gasteiger charge is -2.39. The average molecular weight is 1320 g/mol. The zero-order valence-electron chi connectivity index (χ0n) is 54.2. The Bertz CT molecular complexity index is 3230. The molecule has 12 heterocycles. The topological polar surface area (TPSA) is 257 Å². The van der Waals surface area contributed by atoms with Crippen molar-refractivity contribution < 1.29 is 85.0 Å². The van der Waals surface area contributed by atoms with E-state index in [1.54, 1.807) is 4.90 Å². The second kappa shape index (κ2) is 32.7. The van der Waals surface area contributed by atoms with Crippen molar-refractivity contribution in [2.45, 2.75) is 139 Å². The van der Waals surface area contributed by atoms with Gasteiger partial charge in [-0.05, 0) is 155 Å². The Morgan fingerprint density at radius 2 is 0.946 bits per heavy atom. The second-order valence-corrected chi connectivity index (χ2v) is 26.8. The number of aliphatic hydroxyl groups is 1. The van der Waals surface area contributed by atoms with Crippen molar-refractivity contribution in [3.8, 4) is 34.9 Å². The van der Waals surface area contributed by atoms with Crippen LogP contribution in [-0.2, 0) is 33.2 Å². The molecule has 9 aliphatic heterocycles. The van der Waals surface area contributed by atoms with E-state index in [0.717, 1.165) is 183 Å².